The van der Waals surface area contributed by atoms with Crippen molar-refractivity contribution in [2.24, 2.45) is 23.2 Å². The topological polar surface area (TPSA) is 43.4 Å². The van der Waals surface area contributed by atoms with Gasteiger partial charge < -0.3 is 4.74 Å². The van der Waals surface area contributed by atoms with Crippen LogP contribution in [0.2, 0.25) is 0 Å². The number of allylic oxidation sites excluding steroid dienone is 1. The number of carbonyl (C=O) groups excluding carboxylic acids is 2. The third-order valence-electron chi connectivity index (χ3n) is 5.65. The van der Waals surface area contributed by atoms with Gasteiger partial charge in [-0.3, -0.25) is 9.59 Å². The van der Waals surface area contributed by atoms with E-state index in [9.17, 15) is 9.59 Å². The molecule has 2 saturated carbocycles. The van der Waals surface area contributed by atoms with E-state index in [1.54, 1.807) is 0 Å². The number of ketones is 1. The molecule has 2 rings (SSSR count). The molecule has 0 spiro atoms. The van der Waals surface area contributed by atoms with Gasteiger partial charge in [0.1, 0.15) is 11.9 Å². The number of hydrogen-bond acceptors (Lipinski definition) is 3. The average molecular weight is 278 g/mol. The van der Waals surface area contributed by atoms with Crippen molar-refractivity contribution in [1.82, 2.24) is 0 Å². The number of rotatable bonds is 2. The van der Waals surface area contributed by atoms with E-state index in [2.05, 4.69) is 13.5 Å². The SMILES string of the molecule is C=C(C)[C@@H]1C[C@H](OC(C)=O)[C@@]2(C)CCC(=O)[C@@H](C)[C@@H]2C1. The lowest BCUT2D eigenvalue weighted by Gasteiger charge is -2.53. The van der Waals surface area contributed by atoms with Crippen molar-refractivity contribution < 1.29 is 14.3 Å². The number of hydrogen-bond donors (Lipinski definition) is 0. The van der Waals surface area contributed by atoms with Gasteiger partial charge in [0, 0.05) is 24.7 Å². The second-order valence-electron chi connectivity index (χ2n) is 6.98. The lowest BCUT2D eigenvalue weighted by Crippen LogP contribution is -2.53. The largest absolute Gasteiger partial charge is 0.462 e. The first kappa shape index (κ1) is 15.3. The van der Waals surface area contributed by atoms with E-state index in [1.165, 1.54) is 6.92 Å². The number of esters is 1. The average Bonchev–Trinajstić information content (AvgIpc) is 2.35. The van der Waals surface area contributed by atoms with Crippen LogP contribution in [-0.2, 0) is 14.3 Å². The molecular weight excluding hydrogens is 252 g/mol. The van der Waals surface area contributed by atoms with Crippen LogP contribution in [0.15, 0.2) is 12.2 Å². The zero-order chi connectivity index (χ0) is 15.1. The highest BCUT2D eigenvalue weighted by Gasteiger charge is 2.53. The van der Waals surface area contributed by atoms with Crippen LogP contribution in [0.25, 0.3) is 0 Å². The minimum atomic E-state index is -0.220. The molecule has 2 aliphatic rings. The van der Waals surface area contributed by atoms with E-state index in [0.717, 1.165) is 24.8 Å². The van der Waals surface area contributed by atoms with Crippen LogP contribution in [0.1, 0.15) is 53.4 Å². The number of carbonyl (C=O) groups is 2. The van der Waals surface area contributed by atoms with Gasteiger partial charge in [-0.05, 0) is 38.0 Å². The highest BCUT2D eigenvalue weighted by Crippen LogP contribution is 2.54. The van der Waals surface area contributed by atoms with Crippen molar-refractivity contribution in [3.8, 4) is 0 Å². The molecule has 3 heteroatoms. The van der Waals surface area contributed by atoms with Crippen LogP contribution in [0, 0.1) is 23.2 Å². The van der Waals surface area contributed by atoms with E-state index in [-0.39, 0.29) is 23.4 Å². The first-order valence-corrected chi connectivity index (χ1v) is 7.61. The molecule has 0 unspecified atom stereocenters. The highest BCUT2D eigenvalue weighted by atomic mass is 16.5. The summed E-state index contributed by atoms with van der Waals surface area (Å²) in [5, 5.41) is 0. The third kappa shape index (κ3) is 2.55. The maximum Gasteiger partial charge on any atom is 0.302 e. The second kappa shape index (κ2) is 5.34. The molecular formula is C17H26O3. The van der Waals surface area contributed by atoms with E-state index in [0.29, 0.717) is 24.0 Å². The Labute approximate surface area is 121 Å². The maximum atomic E-state index is 12.1. The Morgan fingerprint density at radius 2 is 2.00 bits per heavy atom. The number of Topliss-reactive ketones (excluding diaryl/α,β-unsaturated/α-hetero) is 1. The molecule has 0 amide bonds. The van der Waals surface area contributed by atoms with Gasteiger partial charge in [-0.15, -0.1) is 0 Å². The zero-order valence-corrected chi connectivity index (χ0v) is 13.1. The van der Waals surface area contributed by atoms with Crippen molar-refractivity contribution in [1.29, 1.82) is 0 Å². The Bertz CT molecular complexity index is 440. The molecule has 2 fully saturated rings. The van der Waals surface area contributed by atoms with E-state index < -0.39 is 0 Å². The van der Waals surface area contributed by atoms with Crippen molar-refractivity contribution in [3.05, 3.63) is 12.2 Å². The van der Waals surface area contributed by atoms with Crippen LogP contribution in [-0.4, -0.2) is 17.9 Å². The van der Waals surface area contributed by atoms with Crippen LogP contribution in [0.3, 0.4) is 0 Å². The summed E-state index contributed by atoms with van der Waals surface area (Å²) in [6.45, 7) is 11.8. The van der Waals surface area contributed by atoms with Gasteiger partial charge in [-0.25, -0.2) is 0 Å². The van der Waals surface area contributed by atoms with E-state index in [4.69, 9.17) is 4.74 Å². The third-order valence-corrected chi connectivity index (χ3v) is 5.65. The molecule has 0 N–H and O–H groups in total. The van der Waals surface area contributed by atoms with E-state index >= 15 is 0 Å². The molecule has 3 nitrogen and oxygen atoms in total. The van der Waals surface area contributed by atoms with Crippen molar-refractivity contribution in [2.75, 3.05) is 0 Å². The summed E-state index contributed by atoms with van der Waals surface area (Å²) in [6, 6.07) is 0. The van der Waals surface area contributed by atoms with Crippen molar-refractivity contribution in [2.45, 2.75) is 59.5 Å². The predicted molar refractivity (Wildman–Crippen MR) is 78.1 cm³/mol. The van der Waals surface area contributed by atoms with Crippen LogP contribution in [0.4, 0.5) is 0 Å². The molecule has 0 aromatic heterocycles. The minimum absolute atomic E-state index is 0.0639. The van der Waals surface area contributed by atoms with E-state index in [1.807, 2.05) is 13.8 Å². The number of ether oxygens (including phenoxy) is 1. The van der Waals surface area contributed by atoms with Gasteiger partial charge in [0.05, 0.1) is 0 Å². The molecule has 0 saturated heterocycles. The molecule has 0 aliphatic heterocycles. The normalized spacial score (nSPS) is 40.9. The van der Waals surface area contributed by atoms with Gasteiger partial charge in [0.2, 0.25) is 0 Å². The molecule has 0 bridgehead atoms. The molecule has 112 valence electrons. The highest BCUT2D eigenvalue weighted by molar-refractivity contribution is 5.82. The summed E-state index contributed by atoms with van der Waals surface area (Å²) in [7, 11) is 0. The van der Waals surface area contributed by atoms with Crippen LogP contribution >= 0.6 is 0 Å². The zero-order valence-electron chi connectivity index (χ0n) is 13.1. The quantitative estimate of drug-likeness (QED) is 0.573. The minimum Gasteiger partial charge on any atom is -0.462 e. The molecule has 5 atom stereocenters. The summed E-state index contributed by atoms with van der Waals surface area (Å²) >= 11 is 0. The Hall–Kier alpha value is -1.12. The molecule has 0 heterocycles. The maximum absolute atomic E-state index is 12.1. The Balaban J connectivity index is 2.32. The van der Waals surface area contributed by atoms with Gasteiger partial charge in [0.25, 0.3) is 0 Å². The summed E-state index contributed by atoms with van der Waals surface area (Å²) in [4.78, 5) is 23.5. The molecule has 20 heavy (non-hydrogen) atoms. The Kier molecular flexibility index (Phi) is 4.08. The molecule has 0 aromatic carbocycles. The standard InChI is InChI=1S/C17H26O3/c1-10(2)13-8-14-11(3)15(19)6-7-17(14,5)16(9-13)20-12(4)18/h11,13-14,16H,1,6-9H2,2-5H3/t11-,13-,14-,16-,17-/m0/s1. The lowest BCUT2D eigenvalue weighted by molar-refractivity contribution is -0.171. The van der Waals surface area contributed by atoms with Crippen molar-refractivity contribution in [3.63, 3.8) is 0 Å². The van der Waals surface area contributed by atoms with Gasteiger partial charge in [-0.2, -0.15) is 0 Å². The fourth-order valence-electron chi connectivity index (χ4n) is 4.19. The first-order chi connectivity index (χ1) is 9.25. The number of fused-ring (bicyclic) bond motifs is 1. The lowest BCUT2D eigenvalue weighted by atomic mass is 9.53. The van der Waals surface area contributed by atoms with Crippen LogP contribution in [0.5, 0.6) is 0 Å². The fraction of sp³-hybridized carbons (Fsp3) is 0.765. The molecule has 0 radical (unpaired) electrons. The smallest absolute Gasteiger partial charge is 0.302 e. The fourth-order valence-corrected chi connectivity index (χ4v) is 4.19. The second-order valence-corrected chi connectivity index (χ2v) is 6.98. The van der Waals surface area contributed by atoms with Gasteiger partial charge in [-0.1, -0.05) is 26.0 Å². The van der Waals surface area contributed by atoms with Crippen molar-refractivity contribution >= 4 is 11.8 Å². The summed E-state index contributed by atoms with van der Waals surface area (Å²) in [5.74, 6) is 0.849. The summed E-state index contributed by atoms with van der Waals surface area (Å²) < 4.78 is 5.64. The van der Waals surface area contributed by atoms with Gasteiger partial charge >= 0.3 is 5.97 Å². The molecule has 0 aromatic rings. The predicted octanol–water partition coefficient (Wildman–Crippen LogP) is 3.53. The van der Waals surface area contributed by atoms with Gasteiger partial charge in [0.15, 0.2) is 0 Å². The Morgan fingerprint density at radius 3 is 2.55 bits per heavy atom. The monoisotopic (exact) mass is 278 g/mol. The molecule has 2 aliphatic carbocycles. The summed E-state index contributed by atoms with van der Waals surface area (Å²) in [5.41, 5.74) is 1.07. The Morgan fingerprint density at radius 1 is 1.35 bits per heavy atom. The van der Waals surface area contributed by atoms with Crippen LogP contribution < -0.4 is 0 Å². The first-order valence-electron chi connectivity index (χ1n) is 7.61. The summed E-state index contributed by atoms with van der Waals surface area (Å²) in [6.07, 6.45) is 3.21.